The first-order valence-electron chi connectivity index (χ1n) is 7.41. The van der Waals surface area contributed by atoms with Gasteiger partial charge < -0.3 is 19.5 Å². The molecule has 0 atom stereocenters. The zero-order chi connectivity index (χ0) is 16.9. The highest BCUT2D eigenvalue weighted by Crippen LogP contribution is 2.32. The number of nitrogens with zero attached hydrogens (tertiary/aromatic N) is 1. The van der Waals surface area contributed by atoms with Gasteiger partial charge in [-0.05, 0) is 31.2 Å². The van der Waals surface area contributed by atoms with Crippen LogP contribution in [0.3, 0.4) is 0 Å². The highest BCUT2D eigenvalue weighted by atomic mass is 16.6. The number of hydrogen-bond acceptors (Lipinski definition) is 6. The van der Waals surface area contributed by atoms with Gasteiger partial charge in [0.1, 0.15) is 13.2 Å². The van der Waals surface area contributed by atoms with Crippen LogP contribution in [0.25, 0.3) is 0 Å². The smallest absolute Gasteiger partial charge is 0.340 e. The van der Waals surface area contributed by atoms with Crippen molar-refractivity contribution in [1.82, 2.24) is 4.98 Å². The molecule has 0 aliphatic carbocycles. The van der Waals surface area contributed by atoms with E-state index in [1.54, 1.807) is 30.3 Å². The van der Waals surface area contributed by atoms with Crippen molar-refractivity contribution in [1.29, 1.82) is 0 Å². The van der Waals surface area contributed by atoms with Gasteiger partial charge >= 0.3 is 5.97 Å². The average Bonchev–Trinajstić information content (AvgIpc) is 2.60. The molecule has 0 radical (unpaired) electrons. The summed E-state index contributed by atoms with van der Waals surface area (Å²) in [5.41, 5.74) is 1.63. The summed E-state index contributed by atoms with van der Waals surface area (Å²) in [5, 5.41) is 2.64. The summed E-state index contributed by atoms with van der Waals surface area (Å²) in [6.07, 6.45) is 1.41. The van der Waals surface area contributed by atoms with Crippen LogP contribution in [-0.4, -0.2) is 36.7 Å². The van der Waals surface area contributed by atoms with Crippen LogP contribution in [0.5, 0.6) is 11.5 Å². The molecular formula is C17H16N2O5. The van der Waals surface area contributed by atoms with Gasteiger partial charge in [0.2, 0.25) is 0 Å². The fraction of sp³-hybridized carbons (Fsp3) is 0.235. The summed E-state index contributed by atoms with van der Waals surface area (Å²) in [4.78, 5) is 27.7. The molecule has 1 aromatic carbocycles. The van der Waals surface area contributed by atoms with Crippen molar-refractivity contribution in [3.63, 3.8) is 0 Å². The van der Waals surface area contributed by atoms with E-state index in [0.717, 1.165) is 5.69 Å². The van der Waals surface area contributed by atoms with E-state index >= 15 is 0 Å². The number of anilines is 1. The molecule has 7 heteroatoms. The maximum Gasteiger partial charge on any atom is 0.340 e. The molecule has 1 N–H and O–H groups in total. The van der Waals surface area contributed by atoms with E-state index in [9.17, 15) is 9.59 Å². The van der Waals surface area contributed by atoms with Crippen LogP contribution in [-0.2, 0) is 9.53 Å². The van der Waals surface area contributed by atoms with E-state index in [0.29, 0.717) is 36.0 Å². The summed E-state index contributed by atoms with van der Waals surface area (Å²) in [6.45, 7) is 2.40. The third-order valence-electron chi connectivity index (χ3n) is 3.31. The first-order chi connectivity index (χ1) is 11.6. The normalized spacial score (nSPS) is 12.4. The number of ether oxygens (including phenoxy) is 3. The van der Waals surface area contributed by atoms with Crippen LogP contribution in [0.1, 0.15) is 16.1 Å². The third kappa shape index (κ3) is 3.81. The number of benzene rings is 1. The number of rotatable bonds is 4. The minimum absolute atomic E-state index is 0.299. The Balaban J connectivity index is 1.54. The third-order valence-corrected chi connectivity index (χ3v) is 3.31. The number of fused-ring (bicyclic) bond motifs is 1. The van der Waals surface area contributed by atoms with Gasteiger partial charge in [0.15, 0.2) is 18.1 Å². The summed E-state index contributed by atoms with van der Waals surface area (Å²) >= 11 is 0. The first kappa shape index (κ1) is 15.8. The van der Waals surface area contributed by atoms with Gasteiger partial charge in [-0.3, -0.25) is 9.78 Å². The van der Waals surface area contributed by atoms with Crippen molar-refractivity contribution >= 4 is 17.6 Å². The fourth-order valence-corrected chi connectivity index (χ4v) is 2.12. The van der Waals surface area contributed by atoms with Crippen LogP contribution in [0.2, 0.25) is 0 Å². The maximum atomic E-state index is 11.9. The van der Waals surface area contributed by atoms with Crippen molar-refractivity contribution in [2.75, 3.05) is 25.1 Å². The van der Waals surface area contributed by atoms with E-state index in [-0.39, 0.29) is 6.61 Å². The van der Waals surface area contributed by atoms with Crippen molar-refractivity contribution in [2.45, 2.75) is 6.92 Å². The van der Waals surface area contributed by atoms with E-state index in [2.05, 4.69) is 10.3 Å². The molecule has 2 heterocycles. The zero-order valence-electron chi connectivity index (χ0n) is 13.1. The molecule has 0 saturated heterocycles. The summed E-state index contributed by atoms with van der Waals surface area (Å²) in [6, 6.07) is 8.37. The Kier molecular flexibility index (Phi) is 4.60. The number of nitrogens with one attached hydrogen (secondary N) is 1. The number of esters is 1. The number of carbonyl (C=O) groups excluding carboxylic acids is 2. The van der Waals surface area contributed by atoms with Gasteiger partial charge in [0.05, 0.1) is 5.56 Å². The minimum Gasteiger partial charge on any atom is -0.486 e. The van der Waals surface area contributed by atoms with Crippen molar-refractivity contribution in [2.24, 2.45) is 0 Å². The Morgan fingerprint density at radius 2 is 1.96 bits per heavy atom. The molecular weight excluding hydrogens is 312 g/mol. The Morgan fingerprint density at radius 3 is 2.71 bits per heavy atom. The first-order valence-corrected chi connectivity index (χ1v) is 7.41. The van der Waals surface area contributed by atoms with E-state index < -0.39 is 11.9 Å². The fourth-order valence-electron chi connectivity index (χ4n) is 2.12. The minimum atomic E-state index is -0.597. The Labute approximate surface area is 138 Å². The molecule has 0 bridgehead atoms. The van der Waals surface area contributed by atoms with Crippen molar-refractivity contribution < 1.29 is 23.8 Å². The maximum absolute atomic E-state index is 11.9. The van der Waals surface area contributed by atoms with Gasteiger partial charge in [0, 0.05) is 23.6 Å². The van der Waals surface area contributed by atoms with Crippen LogP contribution >= 0.6 is 0 Å². The second-order valence-electron chi connectivity index (χ2n) is 5.17. The predicted octanol–water partition coefficient (Wildman–Crippen LogP) is 1.96. The second kappa shape index (κ2) is 6.99. The van der Waals surface area contributed by atoms with E-state index in [1.807, 2.05) is 6.92 Å². The molecule has 2 aromatic rings. The number of amides is 1. The van der Waals surface area contributed by atoms with E-state index in [4.69, 9.17) is 14.2 Å². The molecule has 0 spiro atoms. The van der Waals surface area contributed by atoms with Gasteiger partial charge in [0.25, 0.3) is 5.91 Å². The highest BCUT2D eigenvalue weighted by Gasteiger charge is 2.14. The Hall–Kier alpha value is -3.09. The van der Waals surface area contributed by atoms with Gasteiger partial charge in [-0.1, -0.05) is 0 Å². The topological polar surface area (TPSA) is 86.8 Å². The molecule has 124 valence electrons. The van der Waals surface area contributed by atoms with E-state index in [1.165, 1.54) is 6.20 Å². The molecule has 7 nitrogen and oxygen atoms in total. The molecule has 1 aliphatic rings. The largest absolute Gasteiger partial charge is 0.486 e. The molecule has 1 amide bonds. The lowest BCUT2D eigenvalue weighted by Gasteiger charge is -2.19. The summed E-state index contributed by atoms with van der Waals surface area (Å²) in [5.74, 6) is 0.166. The number of hydrogen-bond donors (Lipinski definition) is 1. The van der Waals surface area contributed by atoms with Crippen LogP contribution in [0.15, 0.2) is 36.5 Å². The average molecular weight is 328 g/mol. The number of carbonyl (C=O) groups is 2. The van der Waals surface area contributed by atoms with Crippen molar-refractivity contribution in [3.05, 3.63) is 47.8 Å². The lowest BCUT2D eigenvalue weighted by molar-refractivity contribution is -0.119. The van der Waals surface area contributed by atoms with Gasteiger partial charge in [-0.2, -0.15) is 0 Å². The number of aryl methyl sites for hydroxylation is 1. The molecule has 1 aliphatic heterocycles. The van der Waals surface area contributed by atoms with Crippen LogP contribution < -0.4 is 14.8 Å². The SMILES string of the molecule is Cc1ccc(C(=O)OCC(=O)Nc2ccc3c(c2)OCCO3)cn1. The molecule has 1 aromatic heterocycles. The quantitative estimate of drug-likeness (QED) is 0.863. The molecule has 0 saturated carbocycles. The van der Waals surface area contributed by atoms with Crippen molar-refractivity contribution in [3.8, 4) is 11.5 Å². The molecule has 0 fully saturated rings. The van der Waals surface area contributed by atoms with Crippen LogP contribution in [0.4, 0.5) is 5.69 Å². The lowest BCUT2D eigenvalue weighted by Crippen LogP contribution is -2.21. The molecule has 3 rings (SSSR count). The monoisotopic (exact) mass is 328 g/mol. The Bertz CT molecular complexity index is 758. The number of pyridine rings is 1. The Morgan fingerprint density at radius 1 is 1.17 bits per heavy atom. The molecule has 24 heavy (non-hydrogen) atoms. The zero-order valence-corrected chi connectivity index (χ0v) is 13.1. The lowest BCUT2D eigenvalue weighted by atomic mass is 10.2. The molecule has 0 unspecified atom stereocenters. The second-order valence-corrected chi connectivity index (χ2v) is 5.17. The predicted molar refractivity (Wildman–Crippen MR) is 85.3 cm³/mol. The van der Waals surface area contributed by atoms with Gasteiger partial charge in [-0.15, -0.1) is 0 Å². The highest BCUT2D eigenvalue weighted by molar-refractivity contribution is 5.95. The van der Waals surface area contributed by atoms with Crippen LogP contribution in [0, 0.1) is 6.92 Å². The summed E-state index contributed by atoms with van der Waals surface area (Å²) < 4.78 is 15.8. The standard InChI is InChI=1S/C17H16N2O5/c1-11-2-3-12(9-18-11)17(21)24-10-16(20)19-13-4-5-14-15(8-13)23-7-6-22-14/h2-5,8-9H,6-7,10H2,1H3,(H,19,20). The number of aromatic nitrogens is 1. The summed E-state index contributed by atoms with van der Waals surface area (Å²) in [7, 11) is 0. The van der Waals surface area contributed by atoms with Gasteiger partial charge in [-0.25, -0.2) is 4.79 Å².